The summed E-state index contributed by atoms with van der Waals surface area (Å²) in [6.07, 6.45) is 1.54. The molecule has 0 saturated carbocycles. The number of hydrogen-bond donors (Lipinski definition) is 2. The molecule has 1 heterocycles. The summed E-state index contributed by atoms with van der Waals surface area (Å²) >= 11 is 6.43. The number of nitrogens with one attached hydrogen (secondary N) is 1. The lowest BCUT2D eigenvalue weighted by Gasteiger charge is -2.15. The summed E-state index contributed by atoms with van der Waals surface area (Å²) in [5, 5.41) is 11.9. The first-order valence-corrected chi connectivity index (χ1v) is 9.07. The van der Waals surface area contributed by atoms with Crippen molar-refractivity contribution >= 4 is 63.5 Å². The zero-order valence-corrected chi connectivity index (χ0v) is 15.8. The van der Waals surface area contributed by atoms with Gasteiger partial charge in [-0.2, -0.15) is 0 Å². The van der Waals surface area contributed by atoms with Crippen molar-refractivity contribution < 1.29 is 19.5 Å². The molecule has 136 valence electrons. The second kappa shape index (κ2) is 7.73. The van der Waals surface area contributed by atoms with Crippen LogP contribution in [0.5, 0.6) is 0 Å². The molecule has 0 spiro atoms. The van der Waals surface area contributed by atoms with Crippen molar-refractivity contribution in [1.82, 2.24) is 0 Å². The average Bonchev–Trinajstić information content (AvgIpc) is 2.89. The summed E-state index contributed by atoms with van der Waals surface area (Å²) < 4.78 is 0.353. The summed E-state index contributed by atoms with van der Waals surface area (Å²) in [6, 6.07) is 13.2. The fourth-order valence-corrected chi connectivity index (χ4v) is 3.84. The fraction of sp³-hybridized carbons (Fsp3) is 0.0526. The predicted octanol–water partition coefficient (Wildman–Crippen LogP) is 3.75. The van der Waals surface area contributed by atoms with Crippen LogP contribution in [0, 0.1) is 0 Å². The molecule has 1 saturated heterocycles. The van der Waals surface area contributed by atoms with Gasteiger partial charge in [0.1, 0.15) is 0 Å². The number of carbonyl (C=O) groups excluding carboxylic acids is 2. The van der Waals surface area contributed by atoms with Crippen molar-refractivity contribution in [2.75, 3.05) is 10.2 Å². The Morgan fingerprint density at radius 1 is 1.15 bits per heavy atom. The third kappa shape index (κ3) is 4.07. The van der Waals surface area contributed by atoms with Crippen LogP contribution in [0.15, 0.2) is 53.4 Å². The maximum absolute atomic E-state index is 12.8. The molecule has 27 heavy (non-hydrogen) atoms. The minimum atomic E-state index is -1.06. The number of aromatic carboxylic acids is 1. The van der Waals surface area contributed by atoms with Gasteiger partial charge in [-0.25, -0.2) is 4.79 Å². The highest BCUT2D eigenvalue weighted by atomic mass is 32.2. The lowest BCUT2D eigenvalue weighted by atomic mass is 10.1. The predicted molar refractivity (Wildman–Crippen MR) is 110 cm³/mol. The minimum Gasteiger partial charge on any atom is -0.478 e. The van der Waals surface area contributed by atoms with Crippen LogP contribution >= 0.6 is 24.0 Å². The van der Waals surface area contributed by atoms with Crippen LogP contribution in [0.25, 0.3) is 6.08 Å². The van der Waals surface area contributed by atoms with Gasteiger partial charge in [-0.05, 0) is 42.0 Å². The lowest BCUT2D eigenvalue weighted by Crippen LogP contribution is -2.27. The smallest absolute Gasteiger partial charge is 0.336 e. The van der Waals surface area contributed by atoms with Crippen molar-refractivity contribution in [3.8, 4) is 0 Å². The monoisotopic (exact) mass is 398 g/mol. The van der Waals surface area contributed by atoms with Crippen LogP contribution in [-0.4, -0.2) is 27.2 Å². The van der Waals surface area contributed by atoms with Gasteiger partial charge in [0.05, 0.1) is 16.2 Å². The van der Waals surface area contributed by atoms with Crippen molar-refractivity contribution in [3.05, 3.63) is 64.6 Å². The zero-order valence-electron chi connectivity index (χ0n) is 14.1. The molecule has 3 rings (SSSR count). The van der Waals surface area contributed by atoms with Crippen LogP contribution in [0.3, 0.4) is 0 Å². The molecular weight excluding hydrogens is 384 g/mol. The van der Waals surface area contributed by atoms with E-state index in [0.29, 0.717) is 26.2 Å². The Hall–Kier alpha value is -2.97. The summed E-state index contributed by atoms with van der Waals surface area (Å²) in [7, 11) is 0. The SMILES string of the molecule is CC(=O)Nc1ccc(N2C(=O)/C(=C\c3ccccc3C(=O)O)SC2=S)cc1. The number of carboxylic acids is 1. The van der Waals surface area contributed by atoms with E-state index in [-0.39, 0.29) is 17.4 Å². The van der Waals surface area contributed by atoms with Gasteiger partial charge in [0.2, 0.25) is 5.91 Å². The molecule has 6 nitrogen and oxygen atoms in total. The van der Waals surface area contributed by atoms with Crippen LogP contribution < -0.4 is 10.2 Å². The molecule has 0 unspecified atom stereocenters. The first kappa shape index (κ1) is 18.8. The van der Waals surface area contributed by atoms with Gasteiger partial charge in [-0.3, -0.25) is 14.5 Å². The molecular formula is C19H14N2O4S2. The summed E-state index contributed by atoms with van der Waals surface area (Å²) in [5.74, 6) is -1.57. The second-order valence-electron chi connectivity index (χ2n) is 5.64. The number of thioether (sulfide) groups is 1. The molecule has 0 aromatic heterocycles. The Morgan fingerprint density at radius 2 is 1.81 bits per heavy atom. The Morgan fingerprint density at radius 3 is 2.44 bits per heavy atom. The van der Waals surface area contributed by atoms with Crippen LogP contribution in [-0.2, 0) is 9.59 Å². The van der Waals surface area contributed by atoms with Gasteiger partial charge in [-0.1, -0.05) is 42.2 Å². The Labute approximate surface area is 164 Å². The third-order valence-corrected chi connectivity index (χ3v) is 5.02. The number of hydrogen-bond acceptors (Lipinski definition) is 5. The molecule has 2 N–H and O–H groups in total. The molecule has 8 heteroatoms. The Kier molecular flexibility index (Phi) is 5.38. The molecule has 1 aliphatic rings. The second-order valence-corrected chi connectivity index (χ2v) is 7.31. The standard InChI is InChI=1S/C19H14N2O4S2/c1-11(22)20-13-6-8-14(9-7-13)21-17(23)16(27-19(21)26)10-12-4-2-3-5-15(12)18(24)25/h2-10H,1H3,(H,20,22)(H,24,25)/b16-10+. The van der Waals surface area contributed by atoms with E-state index in [1.54, 1.807) is 42.5 Å². The van der Waals surface area contributed by atoms with Crippen molar-refractivity contribution in [2.24, 2.45) is 0 Å². The first-order chi connectivity index (χ1) is 12.9. The number of thiocarbonyl (C=S) groups is 1. The largest absolute Gasteiger partial charge is 0.478 e. The van der Waals surface area contributed by atoms with Gasteiger partial charge in [-0.15, -0.1) is 0 Å². The molecule has 1 fully saturated rings. The Balaban J connectivity index is 1.89. The molecule has 0 atom stereocenters. The maximum Gasteiger partial charge on any atom is 0.336 e. The lowest BCUT2D eigenvalue weighted by molar-refractivity contribution is -0.114. The van der Waals surface area contributed by atoms with E-state index in [1.165, 1.54) is 24.0 Å². The van der Waals surface area contributed by atoms with E-state index in [9.17, 15) is 19.5 Å². The zero-order chi connectivity index (χ0) is 19.6. The van der Waals surface area contributed by atoms with E-state index in [4.69, 9.17) is 12.2 Å². The number of carboxylic acid groups (broad SMARTS) is 1. The summed E-state index contributed by atoms with van der Waals surface area (Å²) in [5.41, 5.74) is 1.73. The number of anilines is 2. The van der Waals surface area contributed by atoms with Crippen LogP contribution in [0.2, 0.25) is 0 Å². The molecule has 2 aromatic rings. The van der Waals surface area contributed by atoms with Crippen molar-refractivity contribution in [2.45, 2.75) is 6.92 Å². The van der Waals surface area contributed by atoms with E-state index in [2.05, 4.69) is 5.32 Å². The minimum absolute atomic E-state index is 0.113. The third-order valence-electron chi connectivity index (χ3n) is 3.72. The van der Waals surface area contributed by atoms with Gasteiger partial charge >= 0.3 is 5.97 Å². The number of benzene rings is 2. The van der Waals surface area contributed by atoms with Gasteiger partial charge < -0.3 is 10.4 Å². The highest BCUT2D eigenvalue weighted by Crippen LogP contribution is 2.36. The number of rotatable bonds is 4. The van der Waals surface area contributed by atoms with Crippen LogP contribution in [0.1, 0.15) is 22.8 Å². The number of carbonyl (C=O) groups is 3. The molecule has 0 radical (unpaired) electrons. The molecule has 1 aliphatic heterocycles. The maximum atomic E-state index is 12.8. The van der Waals surface area contributed by atoms with E-state index in [0.717, 1.165) is 11.8 Å². The Bertz CT molecular complexity index is 983. The fourth-order valence-electron chi connectivity index (χ4n) is 2.55. The molecule has 0 bridgehead atoms. The van der Waals surface area contributed by atoms with Crippen molar-refractivity contribution in [1.29, 1.82) is 0 Å². The van der Waals surface area contributed by atoms with Gasteiger partial charge in [0.15, 0.2) is 4.32 Å². The van der Waals surface area contributed by atoms with Crippen molar-refractivity contribution in [3.63, 3.8) is 0 Å². The molecule has 2 aromatic carbocycles. The molecule has 2 amide bonds. The van der Waals surface area contributed by atoms with E-state index in [1.807, 2.05) is 0 Å². The van der Waals surface area contributed by atoms with Crippen LogP contribution in [0.4, 0.5) is 11.4 Å². The summed E-state index contributed by atoms with van der Waals surface area (Å²) in [6.45, 7) is 1.41. The van der Waals surface area contributed by atoms with Gasteiger partial charge in [0.25, 0.3) is 5.91 Å². The van der Waals surface area contributed by atoms with E-state index >= 15 is 0 Å². The number of nitrogens with zero attached hydrogens (tertiary/aromatic N) is 1. The highest BCUT2D eigenvalue weighted by Gasteiger charge is 2.33. The topological polar surface area (TPSA) is 86.7 Å². The van der Waals surface area contributed by atoms with E-state index < -0.39 is 5.97 Å². The molecule has 0 aliphatic carbocycles. The quantitative estimate of drug-likeness (QED) is 0.603. The highest BCUT2D eigenvalue weighted by molar-refractivity contribution is 8.27. The normalized spacial score (nSPS) is 15.3. The van der Waals surface area contributed by atoms with Gasteiger partial charge in [0, 0.05) is 12.6 Å². The summed E-state index contributed by atoms with van der Waals surface area (Å²) in [4.78, 5) is 37.0. The average molecular weight is 398 g/mol. The number of amides is 2. The first-order valence-electron chi connectivity index (χ1n) is 7.85.